The highest BCUT2D eigenvalue weighted by Crippen LogP contribution is 2.87. The van der Waals surface area contributed by atoms with E-state index < -0.39 is 25.8 Å². The third-order valence-electron chi connectivity index (χ3n) is 11.3. The van der Waals surface area contributed by atoms with Gasteiger partial charge in [-0.2, -0.15) is 8.42 Å². The fourth-order valence-electron chi connectivity index (χ4n) is 9.99. The number of fused-ring (bicyclic) bond motifs is 1. The number of anilines is 1. The van der Waals surface area contributed by atoms with E-state index in [4.69, 9.17) is 0 Å². The third kappa shape index (κ3) is 3.33. The van der Waals surface area contributed by atoms with Crippen LogP contribution in [0, 0.1) is 59.1 Å². The number of aliphatic hydroxyl groups is 1. The molecule has 0 spiro atoms. The lowest BCUT2D eigenvalue weighted by atomic mass is 9.59. The second kappa shape index (κ2) is 8.03. The molecule has 2 N–H and O–H groups in total. The van der Waals surface area contributed by atoms with Crippen molar-refractivity contribution in [2.75, 3.05) is 17.3 Å². The number of carbonyl (C=O) groups is 1. The maximum atomic E-state index is 14.4. The number of amides is 1. The molecule has 1 aromatic carbocycles. The summed E-state index contributed by atoms with van der Waals surface area (Å²) in [5, 5.41) is 16.8. The number of nitrogens with one attached hydrogen (secondary N) is 1. The van der Waals surface area contributed by atoms with Crippen LogP contribution in [0.2, 0.25) is 0 Å². The first-order valence-corrected chi connectivity index (χ1v) is 18.7. The highest BCUT2D eigenvalue weighted by molar-refractivity contribution is 7.91. The van der Waals surface area contributed by atoms with Crippen LogP contribution in [0.1, 0.15) is 17.5 Å². The number of sulfone groups is 1. The van der Waals surface area contributed by atoms with E-state index in [2.05, 4.69) is 9.71 Å². The van der Waals surface area contributed by atoms with Gasteiger partial charge in [0.15, 0.2) is 5.84 Å². The van der Waals surface area contributed by atoms with Crippen LogP contribution in [-0.4, -0.2) is 56.6 Å². The maximum absolute atomic E-state index is 14.4. The molecular weight excluding hydrogens is 602 g/mol. The minimum absolute atomic E-state index is 0.0228. The quantitative estimate of drug-likeness (QED) is 0.502. The molecule has 2 aromatic rings. The van der Waals surface area contributed by atoms with Crippen molar-refractivity contribution in [1.29, 1.82) is 0 Å². The number of carbonyl (C=O) groups excluding carboxylic acids is 1. The van der Waals surface area contributed by atoms with Gasteiger partial charge in [-0.25, -0.2) is 12.8 Å². The zero-order chi connectivity index (χ0) is 29.0. The van der Waals surface area contributed by atoms with E-state index in [1.165, 1.54) is 18.6 Å². The number of halogens is 1. The Labute approximate surface area is 246 Å². The summed E-state index contributed by atoms with van der Waals surface area (Å²) in [6, 6.07) is 5.86. The molecule has 9 aliphatic rings. The highest BCUT2D eigenvalue weighted by atomic mass is 32.2. The SMILES string of the molecule is CS(=O)(=O)CCc1csc2c1S(=O)(=O)N=C(C1=C(O)[C@@H]3C4C5C6CC7C4C7C(C65)[C@@H]3N(Cc3ccc(F)cc3)C1=O)N2. The lowest BCUT2D eigenvalue weighted by Gasteiger charge is -2.54. The van der Waals surface area contributed by atoms with Gasteiger partial charge in [0.25, 0.3) is 15.9 Å². The molecule has 2 aliphatic heterocycles. The zero-order valence-corrected chi connectivity index (χ0v) is 24.9. The van der Waals surface area contributed by atoms with Gasteiger partial charge >= 0.3 is 0 Å². The van der Waals surface area contributed by atoms with E-state index >= 15 is 0 Å². The largest absolute Gasteiger partial charge is 0.511 e. The number of hydrogen-bond donors (Lipinski definition) is 2. The summed E-state index contributed by atoms with van der Waals surface area (Å²) in [6.07, 6.45) is 2.36. The highest BCUT2D eigenvalue weighted by Gasteiger charge is 2.85. The van der Waals surface area contributed by atoms with Crippen LogP contribution in [0.5, 0.6) is 0 Å². The van der Waals surface area contributed by atoms with Gasteiger partial charge < -0.3 is 15.3 Å². The van der Waals surface area contributed by atoms with E-state index in [1.807, 2.05) is 0 Å². The monoisotopic (exact) mass is 629 g/mol. The summed E-state index contributed by atoms with van der Waals surface area (Å²) in [6.45, 7) is 0.226. The average molecular weight is 630 g/mol. The summed E-state index contributed by atoms with van der Waals surface area (Å²) in [5.41, 5.74) is 0.998. The molecule has 1 amide bonds. The number of thiophene rings is 1. The molecule has 6 unspecified atom stereocenters. The van der Waals surface area contributed by atoms with Crippen LogP contribution in [0.3, 0.4) is 0 Å². The molecule has 0 saturated heterocycles. The normalized spacial score (nSPS) is 39.3. The van der Waals surface area contributed by atoms with Gasteiger partial charge in [0.05, 0.1) is 5.75 Å². The van der Waals surface area contributed by atoms with Crippen molar-refractivity contribution in [3.8, 4) is 0 Å². The Kier molecular flexibility index (Phi) is 4.91. The Morgan fingerprint density at radius 3 is 2.43 bits per heavy atom. The molecule has 7 aliphatic carbocycles. The van der Waals surface area contributed by atoms with Crippen molar-refractivity contribution in [3.05, 3.63) is 57.9 Å². The van der Waals surface area contributed by atoms with Crippen molar-refractivity contribution < 1.29 is 31.1 Å². The summed E-state index contributed by atoms with van der Waals surface area (Å²) >= 11 is 1.10. The van der Waals surface area contributed by atoms with Crippen LogP contribution < -0.4 is 5.32 Å². The molecule has 8 bridgehead atoms. The molecular formula is C29H28FN3O6S3. The first kappa shape index (κ1) is 25.7. The average Bonchev–Trinajstić information content (AvgIpc) is 3.82. The lowest BCUT2D eigenvalue weighted by molar-refractivity contribution is -0.141. The number of nitrogens with zero attached hydrogens (tertiary/aromatic N) is 2. The van der Waals surface area contributed by atoms with E-state index in [0.29, 0.717) is 47.0 Å². The molecule has 11 rings (SSSR count). The van der Waals surface area contributed by atoms with Gasteiger partial charge in [0, 0.05) is 24.8 Å². The van der Waals surface area contributed by atoms with Gasteiger partial charge in [0.1, 0.15) is 36.9 Å². The summed E-state index contributed by atoms with van der Waals surface area (Å²) in [7, 11) is -7.60. The molecule has 7 fully saturated rings. The smallest absolute Gasteiger partial charge is 0.287 e. The Morgan fingerprint density at radius 1 is 1.10 bits per heavy atom. The predicted molar refractivity (Wildman–Crippen MR) is 152 cm³/mol. The molecule has 3 heterocycles. The number of amidine groups is 1. The standard InChI is InChI=1S/C29H28FN3O6S3/c1-41(36,37)7-6-12-10-40-28-26(12)42(38,39)32-27(31-28)23-25(34)22-20-16-14-8-15-17(20)19(15)21(18(14)16)24(22)33(29(23)35)9-11-2-4-13(30)5-3-11/h2-5,10,14-22,24,34H,6-9H2,1H3,(H,31,32)/t14?,15?,16?,17?,18?,19?,20?,21?,22-,24+/m1/s1. The van der Waals surface area contributed by atoms with Crippen LogP contribution in [0.4, 0.5) is 9.39 Å². The lowest BCUT2D eigenvalue weighted by Crippen LogP contribution is -2.61. The number of aryl methyl sites for hydroxylation is 1. The molecule has 0 radical (unpaired) electrons. The molecule has 7 saturated carbocycles. The Morgan fingerprint density at radius 2 is 1.76 bits per heavy atom. The van der Waals surface area contributed by atoms with Crippen molar-refractivity contribution in [3.63, 3.8) is 0 Å². The van der Waals surface area contributed by atoms with Gasteiger partial charge in [-0.05, 0) is 88.8 Å². The zero-order valence-electron chi connectivity index (χ0n) is 22.5. The van der Waals surface area contributed by atoms with E-state index in [9.17, 15) is 31.1 Å². The van der Waals surface area contributed by atoms with Crippen LogP contribution >= 0.6 is 11.3 Å². The Bertz CT molecular complexity index is 1860. The van der Waals surface area contributed by atoms with Crippen LogP contribution in [-0.2, 0) is 37.6 Å². The van der Waals surface area contributed by atoms with Crippen molar-refractivity contribution >= 4 is 47.9 Å². The summed E-state index contributed by atoms with van der Waals surface area (Å²) < 4.78 is 68.2. The van der Waals surface area contributed by atoms with E-state index in [0.717, 1.165) is 23.2 Å². The molecule has 1 aromatic heterocycles. The van der Waals surface area contributed by atoms with Crippen molar-refractivity contribution in [1.82, 2.24) is 4.90 Å². The molecule has 220 valence electrons. The minimum atomic E-state index is -4.29. The Balaban J connectivity index is 1.14. The minimum Gasteiger partial charge on any atom is -0.511 e. The number of aliphatic hydroxyl groups excluding tert-OH is 1. The molecule has 8 atom stereocenters. The number of rotatable bonds is 6. The molecule has 42 heavy (non-hydrogen) atoms. The van der Waals surface area contributed by atoms with Gasteiger partial charge in [-0.1, -0.05) is 12.1 Å². The number of hydrogen-bond acceptors (Lipinski definition) is 8. The maximum Gasteiger partial charge on any atom is 0.287 e. The van der Waals surface area contributed by atoms with Gasteiger partial charge in [-0.3, -0.25) is 4.79 Å². The van der Waals surface area contributed by atoms with Crippen LogP contribution in [0.15, 0.2) is 50.3 Å². The first-order chi connectivity index (χ1) is 19.9. The number of benzene rings is 1. The predicted octanol–water partition coefficient (Wildman–Crippen LogP) is 3.21. The van der Waals surface area contributed by atoms with Crippen LogP contribution in [0.25, 0.3) is 0 Å². The van der Waals surface area contributed by atoms with Crippen molar-refractivity contribution in [2.45, 2.75) is 30.3 Å². The topological polar surface area (TPSA) is 133 Å². The molecule has 13 heteroatoms. The van der Waals surface area contributed by atoms with Gasteiger partial charge in [-0.15, -0.1) is 15.7 Å². The third-order valence-corrected chi connectivity index (χ3v) is 14.7. The fraction of sp³-hybridized carbons (Fsp3) is 0.517. The van der Waals surface area contributed by atoms with Gasteiger partial charge in [0.2, 0.25) is 0 Å². The Hall–Kier alpha value is -2.77. The second-order valence-electron chi connectivity index (χ2n) is 13.2. The summed E-state index contributed by atoms with van der Waals surface area (Å²) in [4.78, 5) is 16.1. The second-order valence-corrected chi connectivity index (χ2v) is 17.9. The summed E-state index contributed by atoms with van der Waals surface area (Å²) in [5.74, 6) is 2.53. The van der Waals surface area contributed by atoms with E-state index in [-0.39, 0.29) is 69.5 Å². The first-order valence-electron chi connectivity index (χ1n) is 14.3. The van der Waals surface area contributed by atoms with Crippen molar-refractivity contribution in [2.24, 2.45) is 57.7 Å². The van der Waals surface area contributed by atoms with E-state index in [1.54, 1.807) is 22.4 Å². The number of sulfonamides is 1. The fourth-order valence-corrected chi connectivity index (χ4v) is 13.3. The molecule has 9 nitrogen and oxygen atoms in total.